The average Bonchev–Trinajstić information content (AvgIpc) is 3.33. The fourth-order valence-electron chi connectivity index (χ4n) is 3.40. The number of hydrogen-bond donors (Lipinski definition) is 1. The molecule has 3 aromatic heterocycles. The molecule has 0 aliphatic rings. The van der Waals surface area contributed by atoms with Gasteiger partial charge < -0.3 is 13.9 Å². The first-order valence-electron chi connectivity index (χ1n) is 8.56. The molecule has 1 N–H and O–H groups in total. The van der Waals surface area contributed by atoms with Gasteiger partial charge in [-0.1, -0.05) is 24.3 Å². The number of pyridine rings is 1. The minimum absolute atomic E-state index is 0.294. The van der Waals surface area contributed by atoms with Crippen molar-refractivity contribution in [3.63, 3.8) is 0 Å². The van der Waals surface area contributed by atoms with E-state index in [-0.39, 0.29) is 6.61 Å². The van der Waals surface area contributed by atoms with Crippen LogP contribution in [0.4, 0.5) is 4.39 Å². The van der Waals surface area contributed by atoms with Crippen LogP contribution < -0.4 is 0 Å². The zero-order valence-electron chi connectivity index (χ0n) is 14.3. The largest absolute Gasteiger partial charge is 0.471 e. The Morgan fingerprint density at radius 2 is 1.81 bits per heavy atom. The second-order valence-electron chi connectivity index (χ2n) is 6.45. The van der Waals surface area contributed by atoms with E-state index < -0.39 is 5.82 Å². The third kappa shape index (κ3) is 2.60. The van der Waals surface area contributed by atoms with Gasteiger partial charge in [0.2, 0.25) is 0 Å². The standard InChI is InChI=1S/C22H15FN2O2/c23-20-3-1-2-18(19(20)11-26)15-6-7-22-24-21(10-25(22)9-15)14-4-5-16-12-27-13-17(16)8-14/h1-10,12-13,26H,11H2. The van der Waals surface area contributed by atoms with Gasteiger partial charge >= 0.3 is 0 Å². The van der Waals surface area contributed by atoms with Gasteiger partial charge in [-0.2, -0.15) is 0 Å². The van der Waals surface area contributed by atoms with E-state index in [9.17, 15) is 9.50 Å². The Morgan fingerprint density at radius 1 is 0.963 bits per heavy atom. The molecular weight excluding hydrogens is 343 g/mol. The van der Waals surface area contributed by atoms with E-state index in [0.717, 1.165) is 33.2 Å². The molecule has 5 rings (SSSR count). The molecule has 4 nitrogen and oxygen atoms in total. The van der Waals surface area contributed by atoms with Gasteiger partial charge in [0.25, 0.3) is 0 Å². The first-order valence-corrected chi connectivity index (χ1v) is 8.56. The Kier molecular flexibility index (Phi) is 3.55. The van der Waals surface area contributed by atoms with Crippen molar-refractivity contribution in [3.05, 3.63) is 84.8 Å². The fraction of sp³-hybridized carbons (Fsp3) is 0.0455. The van der Waals surface area contributed by atoms with Crippen LogP contribution in [0.1, 0.15) is 5.56 Å². The van der Waals surface area contributed by atoms with E-state index >= 15 is 0 Å². The van der Waals surface area contributed by atoms with E-state index in [2.05, 4.69) is 4.98 Å². The number of imidazole rings is 1. The summed E-state index contributed by atoms with van der Waals surface area (Å²) in [5.74, 6) is -0.408. The molecule has 0 saturated heterocycles. The molecule has 5 aromatic rings. The predicted molar refractivity (Wildman–Crippen MR) is 102 cm³/mol. The molecule has 0 saturated carbocycles. The van der Waals surface area contributed by atoms with Gasteiger partial charge in [-0.15, -0.1) is 0 Å². The van der Waals surface area contributed by atoms with E-state index in [4.69, 9.17) is 4.42 Å². The van der Waals surface area contributed by atoms with Crippen LogP contribution in [0.3, 0.4) is 0 Å². The molecule has 0 amide bonds. The summed E-state index contributed by atoms with van der Waals surface area (Å²) in [6.45, 7) is -0.347. The normalized spacial score (nSPS) is 11.5. The Morgan fingerprint density at radius 3 is 2.70 bits per heavy atom. The van der Waals surface area contributed by atoms with Crippen LogP contribution in [-0.4, -0.2) is 14.5 Å². The lowest BCUT2D eigenvalue weighted by Crippen LogP contribution is -1.95. The van der Waals surface area contributed by atoms with Crippen molar-refractivity contribution in [1.82, 2.24) is 9.38 Å². The summed E-state index contributed by atoms with van der Waals surface area (Å²) in [6.07, 6.45) is 7.27. The number of aliphatic hydroxyl groups excluding tert-OH is 1. The topological polar surface area (TPSA) is 50.7 Å². The number of nitrogens with zero attached hydrogens (tertiary/aromatic N) is 2. The molecule has 132 valence electrons. The number of furan rings is 1. The third-order valence-electron chi connectivity index (χ3n) is 4.81. The van der Waals surface area contributed by atoms with E-state index in [0.29, 0.717) is 11.1 Å². The van der Waals surface area contributed by atoms with Crippen LogP contribution in [0.15, 0.2) is 77.9 Å². The molecule has 0 radical (unpaired) electrons. The van der Waals surface area contributed by atoms with Crippen molar-refractivity contribution in [2.75, 3.05) is 0 Å². The molecule has 0 unspecified atom stereocenters. The number of aromatic nitrogens is 2. The fourth-order valence-corrected chi connectivity index (χ4v) is 3.40. The van der Waals surface area contributed by atoms with Crippen LogP contribution >= 0.6 is 0 Å². The lowest BCUT2D eigenvalue weighted by molar-refractivity contribution is 0.276. The molecule has 2 aromatic carbocycles. The first-order chi connectivity index (χ1) is 13.2. The molecule has 0 atom stereocenters. The summed E-state index contributed by atoms with van der Waals surface area (Å²) in [4.78, 5) is 4.68. The highest BCUT2D eigenvalue weighted by Gasteiger charge is 2.11. The van der Waals surface area contributed by atoms with Crippen LogP contribution in [-0.2, 0) is 6.61 Å². The number of benzene rings is 2. The second-order valence-corrected chi connectivity index (χ2v) is 6.45. The van der Waals surface area contributed by atoms with Crippen LogP contribution in [0.5, 0.6) is 0 Å². The van der Waals surface area contributed by atoms with E-state index in [1.165, 1.54) is 6.07 Å². The highest BCUT2D eigenvalue weighted by molar-refractivity contribution is 5.86. The lowest BCUT2D eigenvalue weighted by Gasteiger charge is -2.09. The SMILES string of the molecule is OCc1c(F)cccc1-c1ccc2nc(-c3ccc4cocc4c3)cn2c1. The number of halogens is 1. The zero-order chi connectivity index (χ0) is 18.4. The van der Waals surface area contributed by atoms with Gasteiger partial charge in [0.1, 0.15) is 11.5 Å². The maximum absolute atomic E-state index is 14.0. The van der Waals surface area contributed by atoms with Crippen LogP contribution in [0, 0.1) is 5.82 Å². The zero-order valence-corrected chi connectivity index (χ0v) is 14.3. The monoisotopic (exact) mass is 358 g/mol. The van der Waals surface area contributed by atoms with Gasteiger partial charge in [-0.05, 0) is 35.4 Å². The second kappa shape index (κ2) is 6.07. The molecule has 27 heavy (non-hydrogen) atoms. The maximum atomic E-state index is 14.0. The van der Waals surface area contributed by atoms with Gasteiger partial charge in [0.15, 0.2) is 0 Å². The quantitative estimate of drug-likeness (QED) is 0.491. The average molecular weight is 358 g/mol. The lowest BCUT2D eigenvalue weighted by atomic mass is 10.0. The number of hydrogen-bond acceptors (Lipinski definition) is 3. The molecule has 3 heterocycles. The number of aliphatic hydroxyl groups is 1. The van der Waals surface area contributed by atoms with Gasteiger partial charge in [-0.25, -0.2) is 9.37 Å². The highest BCUT2D eigenvalue weighted by atomic mass is 19.1. The molecule has 0 spiro atoms. The van der Waals surface area contributed by atoms with E-state index in [1.807, 2.05) is 47.1 Å². The van der Waals surface area contributed by atoms with Crippen molar-refractivity contribution >= 4 is 16.4 Å². The molecule has 0 bridgehead atoms. The summed E-state index contributed by atoms with van der Waals surface area (Å²) >= 11 is 0. The van der Waals surface area contributed by atoms with Crippen molar-refractivity contribution in [2.24, 2.45) is 0 Å². The van der Waals surface area contributed by atoms with Crippen LogP contribution in [0.2, 0.25) is 0 Å². The molecule has 5 heteroatoms. The summed E-state index contributed by atoms with van der Waals surface area (Å²) in [5, 5.41) is 11.6. The third-order valence-corrected chi connectivity index (χ3v) is 4.81. The Labute approximate surface area is 154 Å². The number of fused-ring (bicyclic) bond motifs is 2. The minimum Gasteiger partial charge on any atom is -0.471 e. The Bertz CT molecular complexity index is 1290. The van der Waals surface area contributed by atoms with Crippen molar-refractivity contribution < 1.29 is 13.9 Å². The Hall–Kier alpha value is -3.44. The summed E-state index contributed by atoms with van der Waals surface area (Å²) in [6, 6.07) is 14.6. The van der Waals surface area contributed by atoms with Gasteiger partial charge in [0, 0.05) is 34.3 Å². The maximum Gasteiger partial charge on any atom is 0.137 e. The molecular formula is C22H15FN2O2. The van der Waals surface area contributed by atoms with Crippen LogP contribution in [0.25, 0.3) is 38.8 Å². The van der Waals surface area contributed by atoms with Crippen molar-refractivity contribution in [1.29, 1.82) is 0 Å². The summed E-state index contributed by atoms with van der Waals surface area (Å²) in [7, 11) is 0. The first kappa shape index (κ1) is 15.8. The van der Waals surface area contributed by atoms with E-state index in [1.54, 1.807) is 24.7 Å². The Balaban J connectivity index is 1.62. The van der Waals surface area contributed by atoms with Gasteiger partial charge in [0.05, 0.1) is 24.8 Å². The number of rotatable bonds is 3. The molecule has 0 aliphatic carbocycles. The minimum atomic E-state index is -0.408. The van der Waals surface area contributed by atoms with Crippen molar-refractivity contribution in [2.45, 2.75) is 6.61 Å². The van der Waals surface area contributed by atoms with Crippen molar-refractivity contribution in [3.8, 4) is 22.4 Å². The molecule has 0 fully saturated rings. The predicted octanol–water partition coefficient (Wildman–Crippen LogP) is 5.05. The highest BCUT2D eigenvalue weighted by Crippen LogP contribution is 2.28. The smallest absolute Gasteiger partial charge is 0.137 e. The molecule has 0 aliphatic heterocycles. The summed E-state index contributed by atoms with van der Waals surface area (Å²) < 4.78 is 21.1. The van der Waals surface area contributed by atoms with Gasteiger partial charge in [-0.3, -0.25) is 0 Å². The summed E-state index contributed by atoms with van der Waals surface area (Å²) in [5.41, 5.74) is 4.42.